The van der Waals surface area contributed by atoms with Crippen molar-refractivity contribution in [3.63, 3.8) is 0 Å². The van der Waals surface area contributed by atoms with Crippen LogP contribution in [0.1, 0.15) is 31.7 Å². The third kappa shape index (κ3) is 4.81. The van der Waals surface area contributed by atoms with Crippen LogP contribution < -0.4 is 11.1 Å². The predicted octanol–water partition coefficient (Wildman–Crippen LogP) is 2.90. The van der Waals surface area contributed by atoms with E-state index in [1.807, 2.05) is 11.5 Å². The Labute approximate surface area is 162 Å². The van der Waals surface area contributed by atoms with Crippen molar-refractivity contribution in [1.82, 2.24) is 4.90 Å². The molecule has 0 spiro atoms. The van der Waals surface area contributed by atoms with E-state index < -0.39 is 11.7 Å². The van der Waals surface area contributed by atoms with Gasteiger partial charge in [0.05, 0.1) is 29.6 Å². The van der Waals surface area contributed by atoms with Gasteiger partial charge in [0.1, 0.15) is 0 Å². The van der Waals surface area contributed by atoms with Crippen LogP contribution in [0.5, 0.6) is 0 Å². The zero-order valence-electron chi connectivity index (χ0n) is 16.0. The number of nitrogens with zero attached hydrogens (tertiary/aromatic N) is 2. The van der Waals surface area contributed by atoms with Gasteiger partial charge in [-0.15, -0.1) is 0 Å². The smallest absolute Gasteiger partial charge is 0.430 e. The minimum atomic E-state index is -4.38. The molecule has 2 aliphatic rings. The molecule has 9 heteroatoms. The fraction of sp³-hybridized carbons (Fsp3) is 0.632. The second-order valence-corrected chi connectivity index (χ2v) is 7.36. The number of anilines is 2. The lowest BCUT2D eigenvalue weighted by Crippen LogP contribution is -2.45. The van der Waals surface area contributed by atoms with E-state index in [2.05, 4.69) is 10.2 Å². The van der Waals surface area contributed by atoms with Crippen LogP contribution in [0.2, 0.25) is 0 Å². The van der Waals surface area contributed by atoms with E-state index in [1.165, 1.54) is 6.07 Å². The van der Waals surface area contributed by atoms with Crippen molar-refractivity contribution in [1.29, 1.82) is 0 Å². The summed E-state index contributed by atoms with van der Waals surface area (Å²) in [5.41, 5.74) is 5.83. The first-order chi connectivity index (χ1) is 13.3. The molecule has 2 fully saturated rings. The van der Waals surface area contributed by atoms with E-state index in [0.717, 1.165) is 57.6 Å². The Morgan fingerprint density at radius 2 is 2.04 bits per heavy atom. The van der Waals surface area contributed by atoms with Crippen LogP contribution in [0.25, 0.3) is 0 Å². The lowest BCUT2D eigenvalue weighted by molar-refractivity contribution is -0.526. The number of rotatable bonds is 4. The molecule has 4 N–H and O–H groups in total. The predicted molar refractivity (Wildman–Crippen MR) is 102 cm³/mol. The Hall–Kier alpha value is -2.16. The summed E-state index contributed by atoms with van der Waals surface area (Å²) >= 11 is 0. The number of hydrogen-bond donors (Lipinski definition) is 3. The van der Waals surface area contributed by atoms with E-state index in [-0.39, 0.29) is 12.1 Å². The fourth-order valence-electron chi connectivity index (χ4n) is 3.92. The average molecular weight is 401 g/mol. The molecular formula is C19H28F3N4O2+. The van der Waals surface area contributed by atoms with E-state index in [1.54, 1.807) is 0 Å². The molecule has 0 aromatic heterocycles. The van der Waals surface area contributed by atoms with Crippen LogP contribution in [-0.2, 0) is 10.9 Å². The van der Waals surface area contributed by atoms with Gasteiger partial charge in [0.2, 0.25) is 0 Å². The van der Waals surface area contributed by atoms with Crippen molar-refractivity contribution in [2.24, 2.45) is 0 Å². The number of aliphatic hydroxyl groups is 1. The monoisotopic (exact) mass is 401 g/mol. The van der Waals surface area contributed by atoms with Gasteiger partial charge < -0.3 is 20.9 Å². The van der Waals surface area contributed by atoms with Crippen molar-refractivity contribution >= 4 is 17.5 Å². The van der Waals surface area contributed by atoms with E-state index >= 15 is 0 Å². The van der Waals surface area contributed by atoms with Gasteiger partial charge in [-0.05, 0) is 38.0 Å². The average Bonchev–Trinajstić information content (AvgIpc) is 3.14. The molecule has 1 aromatic carbocycles. The van der Waals surface area contributed by atoms with Crippen molar-refractivity contribution in [2.75, 3.05) is 43.8 Å². The third-order valence-electron chi connectivity index (χ3n) is 5.49. The normalized spacial score (nSPS) is 23.6. The first-order valence-corrected chi connectivity index (χ1v) is 9.69. The molecular weight excluding hydrogens is 373 g/mol. The van der Waals surface area contributed by atoms with Gasteiger partial charge in [-0.2, -0.15) is 17.7 Å². The minimum absolute atomic E-state index is 0.0124. The van der Waals surface area contributed by atoms with Crippen LogP contribution in [0, 0.1) is 0 Å². The number of nitrogens with one attached hydrogen (secondary N) is 1. The zero-order valence-corrected chi connectivity index (χ0v) is 16.0. The Bertz CT molecular complexity index is 716. The number of alkyl halides is 3. The Morgan fingerprint density at radius 1 is 1.32 bits per heavy atom. The highest BCUT2D eigenvalue weighted by Crippen LogP contribution is 2.34. The van der Waals surface area contributed by atoms with Gasteiger partial charge in [-0.1, -0.05) is 0 Å². The highest BCUT2D eigenvalue weighted by Gasteiger charge is 2.36. The molecule has 2 saturated heterocycles. The maximum Gasteiger partial charge on any atom is 0.546 e. The van der Waals surface area contributed by atoms with Crippen LogP contribution in [-0.4, -0.2) is 65.5 Å². The number of halogens is 3. The molecule has 2 aliphatic heterocycles. The van der Waals surface area contributed by atoms with Gasteiger partial charge in [0, 0.05) is 25.6 Å². The van der Waals surface area contributed by atoms with Gasteiger partial charge in [-0.25, -0.2) is 0 Å². The first-order valence-electron chi connectivity index (χ1n) is 9.69. The number of nitrogen functional groups attached to an aromatic ring is 1. The van der Waals surface area contributed by atoms with Crippen LogP contribution >= 0.6 is 0 Å². The van der Waals surface area contributed by atoms with Crippen molar-refractivity contribution in [3.05, 3.63) is 23.8 Å². The number of hydrogen-bond acceptors (Lipinski definition) is 4. The summed E-state index contributed by atoms with van der Waals surface area (Å²) in [6.07, 6.45) is -1.79. The highest BCUT2D eigenvalue weighted by atomic mass is 19.4. The van der Waals surface area contributed by atoms with Gasteiger partial charge in [0.25, 0.3) is 0 Å². The number of piperidine rings is 1. The summed E-state index contributed by atoms with van der Waals surface area (Å²) < 4.78 is 45.8. The zero-order chi connectivity index (χ0) is 20.3. The molecule has 0 amide bonds. The standard InChI is InChI=1S/C19H27F3N4O2/c1-2-28-18(27)26-10-7-15(12-26)25-8-5-14(6-9-25)24-17-11-13(19(20,21)22)3-4-16(17)23/h3-4,11,14-15,24H,2,5-10,12,23H2,1H3/p+1/t15-/m0/s1. The number of ether oxygens (including phenoxy) is 1. The fourth-order valence-corrected chi connectivity index (χ4v) is 3.92. The largest absolute Gasteiger partial charge is 0.546 e. The van der Waals surface area contributed by atoms with E-state index in [4.69, 9.17) is 10.5 Å². The first kappa shape index (κ1) is 20.6. The molecule has 0 radical (unpaired) electrons. The van der Waals surface area contributed by atoms with E-state index in [9.17, 15) is 18.3 Å². The number of benzene rings is 1. The number of likely N-dealkylation sites (tertiary alicyclic amines) is 1. The molecule has 6 nitrogen and oxygen atoms in total. The Morgan fingerprint density at radius 3 is 2.68 bits per heavy atom. The van der Waals surface area contributed by atoms with Gasteiger partial charge >= 0.3 is 12.3 Å². The highest BCUT2D eigenvalue weighted by molar-refractivity contribution is 5.67. The number of nitrogens with two attached hydrogens (primary N) is 1. The maximum absolute atomic E-state index is 12.9. The van der Waals surface area contributed by atoms with Crippen molar-refractivity contribution in [2.45, 2.75) is 44.4 Å². The summed E-state index contributed by atoms with van der Waals surface area (Å²) in [5, 5.41) is 13.1. The van der Waals surface area contributed by atoms with E-state index in [0.29, 0.717) is 24.0 Å². The van der Waals surface area contributed by atoms with Crippen LogP contribution in [0.4, 0.5) is 24.5 Å². The molecule has 1 aromatic rings. The SMILES string of the molecule is CCOC(O)=[N+]1CC[C@H](N2CCC(Nc3cc(C(F)(F)F)ccc3N)CC2)C1. The third-order valence-corrected chi connectivity index (χ3v) is 5.49. The van der Waals surface area contributed by atoms with Crippen LogP contribution in [0.3, 0.4) is 0 Å². The van der Waals surface area contributed by atoms with Gasteiger partial charge in [0.15, 0.2) is 13.1 Å². The summed E-state index contributed by atoms with van der Waals surface area (Å²) in [5.74, 6) is 0. The molecule has 0 aliphatic carbocycles. The quantitative estimate of drug-likeness (QED) is 0.411. The molecule has 0 saturated carbocycles. The molecule has 156 valence electrons. The summed E-state index contributed by atoms with van der Waals surface area (Å²) in [4.78, 5) is 2.38. The van der Waals surface area contributed by atoms with Crippen molar-refractivity contribution in [3.8, 4) is 0 Å². The maximum atomic E-state index is 12.9. The summed E-state index contributed by atoms with van der Waals surface area (Å²) in [6, 6.07) is 3.83. The second kappa shape index (κ2) is 8.46. The lowest BCUT2D eigenvalue weighted by Gasteiger charge is -2.35. The molecule has 2 heterocycles. The minimum Gasteiger partial charge on any atom is -0.430 e. The lowest BCUT2D eigenvalue weighted by atomic mass is 10.0. The molecule has 1 atom stereocenters. The number of aliphatic hydroxyl groups excluding tert-OH is 1. The Kier molecular flexibility index (Phi) is 6.22. The molecule has 28 heavy (non-hydrogen) atoms. The summed E-state index contributed by atoms with van der Waals surface area (Å²) in [6.45, 7) is 5.45. The van der Waals surface area contributed by atoms with Gasteiger partial charge in [-0.3, -0.25) is 4.90 Å². The molecule has 0 unspecified atom stereocenters. The summed E-state index contributed by atoms with van der Waals surface area (Å²) in [7, 11) is 0. The van der Waals surface area contributed by atoms with Crippen molar-refractivity contribution < 1.29 is 27.6 Å². The topological polar surface area (TPSA) is 73.8 Å². The second-order valence-electron chi connectivity index (χ2n) is 7.36. The molecule has 3 rings (SSSR count). The van der Waals surface area contributed by atoms with Crippen LogP contribution in [0.15, 0.2) is 18.2 Å². The Balaban J connectivity index is 1.55. The molecule has 0 bridgehead atoms.